The molecule has 25 heavy (non-hydrogen) atoms. The summed E-state index contributed by atoms with van der Waals surface area (Å²) in [5.41, 5.74) is 1.11. The van der Waals surface area contributed by atoms with Crippen LogP contribution in [0, 0.1) is 11.8 Å². The molecule has 6 heteroatoms. The number of halogens is 2. The van der Waals surface area contributed by atoms with Gasteiger partial charge in [-0.1, -0.05) is 29.3 Å². The zero-order valence-corrected chi connectivity index (χ0v) is 15.9. The maximum atomic E-state index is 12.8. The van der Waals surface area contributed by atoms with E-state index in [0.717, 1.165) is 37.9 Å². The summed E-state index contributed by atoms with van der Waals surface area (Å²) in [5, 5.41) is 1.11. The Morgan fingerprint density at radius 1 is 1.16 bits per heavy atom. The molecule has 2 aliphatic heterocycles. The average molecular weight is 384 g/mol. The van der Waals surface area contributed by atoms with Crippen LogP contribution >= 0.6 is 23.2 Å². The lowest BCUT2D eigenvalue weighted by molar-refractivity contribution is -0.191. The minimum Gasteiger partial charge on any atom is -0.348 e. The Morgan fingerprint density at radius 3 is 2.48 bits per heavy atom. The van der Waals surface area contributed by atoms with Crippen LogP contribution in [0.5, 0.6) is 0 Å². The lowest BCUT2D eigenvalue weighted by Crippen LogP contribution is -2.46. The van der Waals surface area contributed by atoms with Crippen LogP contribution in [0.2, 0.25) is 10.0 Å². The average Bonchev–Trinajstić information content (AvgIpc) is 3.30. The van der Waals surface area contributed by atoms with Gasteiger partial charge in [0.05, 0.1) is 23.3 Å². The minimum atomic E-state index is -0.461. The number of benzene rings is 1. The van der Waals surface area contributed by atoms with Gasteiger partial charge in [-0.3, -0.25) is 4.79 Å². The molecule has 2 saturated heterocycles. The van der Waals surface area contributed by atoms with Crippen LogP contribution in [0.15, 0.2) is 18.2 Å². The number of hydrogen-bond acceptors (Lipinski definition) is 3. The Bertz CT molecular complexity index is 667. The van der Waals surface area contributed by atoms with Crippen molar-refractivity contribution in [3.8, 4) is 0 Å². The second-order valence-electron chi connectivity index (χ2n) is 7.43. The fourth-order valence-corrected chi connectivity index (χ4v) is 4.51. The topological polar surface area (TPSA) is 38.8 Å². The summed E-state index contributed by atoms with van der Waals surface area (Å²) >= 11 is 12.1. The molecule has 0 bridgehead atoms. The Balaban J connectivity index is 1.33. The van der Waals surface area contributed by atoms with Gasteiger partial charge < -0.3 is 14.4 Å². The first-order valence-electron chi connectivity index (χ1n) is 8.99. The monoisotopic (exact) mass is 383 g/mol. The number of rotatable bonds is 3. The summed E-state index contributed by atoms with van der Waals surface area (Å²) in [6, 6.07) is 5.69. The lowest BCUT2D eigenvalue weighted by atomic mass is 9.89. The van der Waals surface area contributed by atoms with E-state index in [2.05, 4.69) is 0 Å². The molecule has 4 nitrogen and oxygen atoms in total. The molecule has 3 fully saturated rings. The second-order valence-corrected chi connectivity index (χ2v) is 8.25. The third-order valence-corrected chi connectivity index (χ3v) is 6.63. The molecule has 3 aliphatic rings. The molecule has 1 aliphatic carbocycles. The molecule has 2 heterocycles. The van der Waals surface area contributed by atoms with Crippen molar-refractivity contribution in [3.05, 3.63) is 33.8 Å². The highest BCUT2D eigenvalue weighted by atomic mass is 35.5. The Labute approximate surface area is 158 Å². The van der Waals surface area contributed by atoms with E-state index in [1.54, 1.807) is 0 Å². The van der Waals surface area contributed by atoms with Crippen molar-refractivity contribution in [2.75, 3.05) is 26.3 Å². The Morgan fingerprint density at radius 2 is 1.84 bits per heavy atom. The molecule has 136 valence electrons. The number of likely N-dealkylation sites (tertiary alicyclic amines) is 1. The van der Waals surface area contributed by atoms with Crippen LogP contribution in [-0.4, -0.2) is 42.9 Å². The highest BCUT2D eigenvalue weighted by molar-refractivity contribution is 6.42. The molecule has 1 aromatic rings. The van der Waals surface area contributed by atoms with Crippen LogP contribution in [0.1, 0.15) is 37.7 Å². The van der Waals surface area contributed by atoms with E-state index < -0.39 is 5.79 Å². The van der Waals surface area contributed by atoms with Gasteiger partial charge in [-0.25, -0.2) is 0 Å². The zero-order chi connectivity index (χ0) is 17.6. The van der Waals surface area contributed by atoms with Gasteiger partial charge in [-0.15, -0.1) is 0 Å². The SMILES string of the molecule is CC1(C2CCN(C(=O)[C@@H]3C[C@H]3c3ccc(Cl)c(Cl)c3)CC2)OCCO1. The highest BCUT2D eigenvalue weighted by Gasteiger charge is 2.48. The van der Waals surface area contributed by atoms with Crippen molar-refractivity contribution >= 4 is 29.1 Å². The lowest BCUT2D eigenvalue weighted by Gasteiger charge is -2.39. The van der Waals surface area contributed by atoms with E-state index in [1.165, 1.54) is 0 Å². The second kappa shape index (κ2) is 6.73. The van der Waals surface area contributed by atoms with Crippen molar-refractivity contribution in [1.29, 1.82) is 0 Å². The van der Waals surface area contributed by atoms with Crippen molar-refractivity contribution in [2.24, 2.45) is 11.8 Å². The number of nitrogens with zero attached hydrogens (tertiary/aromatic N) is 1. The van der Waals surface area contributed by atoms with Gasteiger partial charge in [0.15, 0.2) is 5.79 Å². The maximum Gasteiger partial charge on any atom is 0.226 e. The number of carbonyl (C=O) groups excluding carboxylic acids is 1. The molecule has 1 amide bonds. The molecule has 0 radical (unpaired) electrons. The van der Waals surface area contributed by atoms with Crippen molar-refractivity contribution in [1.82, 2.24) is 4.90 Å². The van der Waals surface area contributed by atoms with Gasteiger partial charge in [-0.2, -0.15) is 0 Å². The van der Waals surface area contributed by atoms with Gasteiger partial charge in [0.25, 0.3) is 0 Å². The van der Waals surface area contributed by atoms with E-state index in [0.29, 0.717) is 29.2 Å². The molecule has 0 spiro atoms. The van der Waals surface area contributed by atoms with E-state index in [9.17, 15) is 4.79 Å². The Hall–Kier alpha value is -0.810. The molecule has 4 rings (SSSR count). The third-order valence-electron chi connectivity index (χ3n) is 5.89. The first-order valence-corrected chi connectivity index (χ1v) is 9.75. The van der Waals surface area contributed by atoms with E-state index in [4.69, 9.17) is 32.7 Å². The fraction of sp³-hybridized carbons (Fsp3) is 0.632. The smallest absolute Gasteiger partial charge is 0.226 e. The normalized spacial score (nSPS) is 29.0. The molecular formula is C19H23Cl2NO3. The first-order chi connectivity index (χ1) is 12.0. The molecular weight excluding hydrogens is 361 g/mol. The molecule has 1 aromatic carbocycles. The van der Waals surface area contributed by atoms with Crippen LogP contribution in [0.25, 0.3) is 0 Å². The van der Waals surface area contributed by atoms with Crippen molar-refractivity contribution in [3.63, 3.8) is 0 Å². The largest absolute Gasteiger partial charge is 0.348 e. The fourth-order valence-electron chi connectivity index (χ4n) is 4.20. The third kappa shape index (κ3) is 3.42. The van der Waals surface area contributed by atoms with Gasteiger partial charge in [-0.05, 0) is 49.8 Å². The summed E-state index contributed by atoms with van der Waals surface area (Å²) in [6.45, 7) is 4.95. The zero-order valence-electron chi connectivity index (χ0n) is 14.3. The maximum absolute atomic E-state index is 12.8. The number of hydrogen-bond donors (Lipinski definition) is 0. The molecule has 1 saturated carbocycles. The van der Waals surface area contributed by atoms with E-state index in [-0.39, 0.29) is 17.7 Å². The van der Waals surface area contributed by atoms with E-state index in [1.807, 2.05) is 30.0 Å². The van der Waals surface area contributed by atoms with Crippen LogP contribution < -0.4 is 0 Å². The summed E-state index contributed by atoms with van der Waals surface area (Å²) in [6.07, 6.45) is 2.78. The van der Waals surface area contributed by atoms with Crippen molar-refractivity contribution < 1.29 is 14.3 Å². The minimum absolute atomic E-state index is 0.0864. The quantitative estimate of drug-likeness (QED) is 0.788. The number of piperidine rings is 1. The summed E-state index contributed by atoms with van der Waals surface area (Å²) in [5.74, 6) is 0.538. The summed E-state index contributed by atoms with van der Waals surface area (Å²) in [4.78, 5) is 14.8. The van der Waals surface area contributed by atoms with Crippen LogP contribution in [0.3, 0.4) is 0 Å². The summed E-state index contributed by atoms with van der Waals surface area (Å²) in [7, 11) is 0. The Kier molecular flexibility index (Phi) is 4.74. The first kappa shape index (κ1) is 17.6. The number of ether oxygens (including phenoxy) is 2. The standard InChI is InChI=1S/C19H23Cl2NO3/c1-19(24-8-9-25-19)13-4-6-22(7-5-13)18(23)15-11-14(15)12-2-3-16(20)17(21)10-12/h2-3,10,13-15H,4-9,11H2,1H3/t14-,15+/m0/s1. The number of amides is 1. The predicted octanol–water partition coefficient (Wildman–Crippen LogP) is 4.10. The predicted molar refractivity (Wildman–Crippen MR) is 96.9 cm³/mol. The van der Waals surface area contributed by atoms with Crippen LogP contribution in [-0.2, 0) is 14.3 Å². The van der Waals surface area contributed by atoms with Crippen molar-refractivity contribution in [2.45, 2.75) is 37.9 Å². The molecule has 0 unspecified atom stereocenters. The molecule has 0 N–H and O–H groups in total. The molecule has 2 atom stereocenters. The van der Waals surface area contributed by atoms with Gasteiger partial charge >= 0.3 is 0 Å². The van der Waals surface area contributed by atoms with E-state index >= 15 is 0 Å². The highest BCUT2D eigenvalue weighted by Crippen LogP contribution is 2.50. The van der Waals surface area contributed by atoms with Gasteiger partial charge in [0, 0.05) is 24.9 Å². The van der Waals surface area contributed by atoms with Gasteiger partial charge in [0.2, 0.25) is 5.91 Å². The molecule has 0 aromatic heterocycles. The van der Waals surface area contributed by atoms with Crippen LogP contribution in [0.4, 0.5) is 0 Å². The number of carbonyl (C=O) groups is 1. The van der Waals surface area contributed by atoms with Gasteiger partial charge in [0.1, 0.15) is 0 Å². The summed E-state index contributed by atoms with van der Waals surface area (Å²) < 4.78 is 11.6.